The number of nitrogens with zero attached hydrogens (tertiary/aromatic N) is 3. The Bertz CT molecular complexity index is 1370. The Labute approximate surface area is 192 Å². The van der Waals surface area contributed by atoms with Gasteiger partial charge in [-0.25, -0.2) is 4.98 Å². The van der Waals surface area contributed by atoms with Crippen molar-refractivity contribution in [2.75, 3.05) is 27.2 Å². The van der Waals surface area contributed by atoms with Gasteiger partial charge in [0.1, 0.15) is 29.3 Å². The standard InChI is InChI=1S/C27H25N3O3/c1-29(2)14-15-32-21-10-7-11-22-25(21)26(31)23(33-22)16-19-17-30(3)27-24(19)20(12-13-28-27)18-8-5-4-6-9-18/h4-13,16-17H,14-15H2,1-3H3. The van der Waals surface area contributed by atoms with Crippen molar-refractivity contribution in [3.63, 3.8) is 0 Å². The highest BCUT2D eigenvalue weighted by Crippen LogP contribution is 2.39. The number of carbonyl (C=O) groups excluding carboxylic acids is 1. The van der Waals surface area contributed by atoms with Crippen LogP contribution in [-0.4, -0.2) is 47.5 Å². The second kappa shape index (κ2) is 8.56. The van der Waals surface area contributed by atoms with Gasteiger partial charge >= 0.3 is 0 Å². The fourth-order valence-electron chi connectivity index (χ4n) is 4.11. The number of likely N-dealkylation sites (N-methyl/N-ethyl adjacent to an activating group) is 1. The summed E-state index contributed by atoms with van der Waals surface area (Å²) in [5.74, 6) is 1.18. The third kappa shape index (κ3) is 3.90. The lowest BCUT2D eigenvalue weighted by atomic mass is 10.0. The summed E-state index contributed by atoms with van der Waals surface area (Å²) < 4.78 is 13.9. The number of benzene rings is 2. The molecule has 3 heterocycles. The Morgan fingerprint density at radius 1 is 1.09 bits per heavy atom. The monoisotopic (exact) mass is 439 g/mol. The number of Topliss-reactive ketones (excluding diaryl/α,β-unsaturated/α-hetero) is 1. The van der Waals surface area contributed by atoms with Gasteiger partial charge in [-0.3, -0.25) is 4.79 Å². The first-order valence-corrected chi connectivity index (χ1v) is 10.9. The zero-order valence-electron chi connectivity index (χ0n) is 18.9. The van der Waals surface area contributed by atoms with E-state index in [0.29, 0.717) is 23.7 Å². The fourth-order valence-corrected chi connectivity index (χ4v) is 4.11. The molecule has 0 radical (unpaired) electrons. The Kier molecular flexibility index (Phi) is 5.44. The van der Waals surface area contributed by atoms with Crippen LogP contribution in [-0.2, 0) is 7.05 Å². The minimum atomic E-state index is -0.174. The van der Waals surface area contributed by atoms with Crippen LogP contribution in [0.15, 0.2) is 72.8 Å². The van der Waals surface area contributed by atoms with E-state index in [4.69, 9.17) is 9.47 Å². The van der Waals surface area contributed by atoms with Gasteiger partial charge in [-0.15, -0.1) is 0 Å². The van der Waals surface area contributed by atoms with Gasteiger partial charge in [0.25, 0.3) is 0 Å². The van der Waals surface area contributed by atoms with Crippen molar-refractivity contribution in [3.8, 4) is 22.6 Å². The molecule has 0 bridgehead atoms. The molecule has 0 N–H and O–H groups in total. The van der Waals surface area contributed by atoms with Gasteiger partial charge in [-0.2, -0.15) is 0 Å². The van der Waals surface area contributed by atoms with E-state index in [1.807, 2.05) is 85.5 Å². The molecule has 0 atom stereocenters. The predicted molar refractivity (Wildman–Crippen MR) is 130 cm³/mol. The van der Waals surface area contributed by atoms with Crippen molar-refractivity contribution in [2.45, 2.75) is 0 Å². The maximum Gasteiger partial charge on any atom is 0.235 e. The first kappa shape index (κ1) is 21.0. The van der Waals surface area contributed by atoms with Crippen LogP contribution < -0.4 is 9.47 Å². The minimum Gasteiger partial charge on any atom is -0.491 e. The number of pyridine rings is 1. The molecule has 0 fully saturated rings. The number of aryl methyl sites for hydroxylation is 1. The molecular formula is C27H25N3O3. The number of ketones is 1. The highest BCUT2D eigenvalue weighted by Gasteiger charge is 2.31. The third-order valence-corrected chi connectivity index (χ3v) is 5.71. The van der Waals surface area contributed by atoms with Crippen LogP contribution in [0.4, 0.5) is 0 Å². The molecule has 33 heavy (non-hydrogen) atoms. The lowest BCUT2D eigenvalue weighted by Gasteiger charge is -2.12. The Morgan fingerprint density at radius 2 is 1.91 bits per heavy atom. The lowest BCUT2D eigenvalue weighted by molar-refractivity contribution is 0.101. The molecule has 0 saturated heterocycles. The Balaban J connectivity index is 1.55. The molecule has 6 heteroatoms. The number of aromatic nitrogens is 2. The zero-order chi connectivity index (χ0) is 22.9. The van der Waals surface area contributed by atoms with Crippen molar-refractivity contribution in [1.29, 1.82) is 0 Å². The average molecular weight is 440 g/mol. The molecule has 2 aromatic heterocycles. The van der Waals surface area contributed by atoms with E-state index in [2.05, 4.69) is 17.1 Å². The molecule has 0 aliphatic carbocycles. The van der Waals surface area contributed by atoms with Crippen LogP contribution in [0.1, 0.15) is 15.9 Å². The predicted octanol–water partition coefficient (Wildman–Crippen LogP) is 4.80. The van der Waals surface area contributed by atoms with E-state index in [1.165, 1.54) is 0 Å². The molecule has 4 aromatic rings. The number of rotatable bonds is 6. The first-order valence-electron chi connectivity index (χ1n) is 10.9. The smallest absolute Gasteiger partial charge is 0.235 e. The highest BCUT2D eigenvalue weighted by molar-refractivity contribution is 6.17. The van der Waals surface area contributed by atoms with Gasteiger partial charge < -0.3 is 18.9 Å². The third-order valence-electron chi connectivity index (χ3n) is 5.71. The maximum atomic E-state index is 13.3. The van der Waals surface area contributed by atoms with Gasteiger partial charge in [0.15, 0.2) is 5.76 Å². The molecule has 6 nitrogen and oxygen atoms in total. The maximum absolute atomic E-state index is 13.3. The van der Waals surface area contributed by atoms with E-state index in [-0.39, 0.29) is 11.5 Å². The van der Waals surface area contributed by atoms with Crippen LogP contribution in [0.5, 0.6) is 11.5 Å². The number of hydrogen-bond donors (Lipinski definition) is 0. The minimum absolute atomic E-state index is 0.174. The SMILES string of the molecule is CN(C)CCOc1cccc2c1C(=O)C(=Cc1cn(C)c3nccc(-c4ccccc4)c13)O2. The van der Waals surface area contributed by atoms with E-state index in [1.54, 1.807) is 6.07 Å². The second-order valence-corrected chi connectivity index (χ2v) is 8.34. The summed E-state index contributed by atoms with van der Waals surface area (Å²) >= 11 is 0. The summed E-state index contributed by atoms with van der Waals surface area (Å²) in [6.45, 7) is 1.25. The summed E-state index contributed by atoms with van der Waals surface area (Å²) in [5, 5.41) is 0.980. The molecule has 0 saturated carbocycles. The molecule has 0 spiro atoms. The van der Waals surface area contributed by atoms with Gasteiger partial charge in [0.2, 0.25) is 5.78 Å². The molecule has 166 valence electrons. The van der Waals surface area contributed by atoms with E-state index < -0.39 is 0 Å². The topological polar surface area (TPSA) is 56.6 Å². The summed E-state index contributed by atoms with van der Waals surface area (Å²) in [6, 6.07) is 17.6. The molecule has 1 aliphatic rings. The van der Waals surface area contributed by atoms with E-state index in [0.717, 1.165) is 34.3 Å². The molecule has 0 unspecified atom stereocenters. The quantitative estimate of drug-likeness (QED) is 0.404. The summed E-state index contributed by atoms with van der Waals surface area (Å²) in [6.07, 6.45) is 5.60. The molecular weight excluding hydrogens is 414 g/mol. The van der Waals surface area contributed by atoms with E-state index >= 15 is 0 Å². The molecule has 2 aromatic carbocycles. The summed E-state index contributed by atoms with van der Waals surface area (Å²) in [7, 11) is 5.92. The normalized spacial score (nSPS) is 14.2. The van der Waals surface area contributed by atoms with Crippen LogP contribution >= 0.6 is 0 Å². The largest absolute Gasteiger partial charge is 0.491 e. The highest BCUT2D eigenvalue weighted by atomic mass is 16.5. The summed E-state index contributed by atoms with van der Waals surface area (Å²) in [4.78, 5) is 19.9. The fraction of sp³-hybridized carbons (Fsp3) is 0.185. The van der Waals surface area contributed by atoms with Crippen molar-refractivity contribution in [1.82, 2.24) is 14.5 Å². The second-order valence-electron chi connectivity index (χ2n) is 8.34. The number of fused-ring (bicyclic) bond motifs is 2. The molecule has 5 rings (SSSR count). The Morgan fingerprint density at radius 3 is 2.70 bits per heavy atom. The average Bonchev–Trinajstić information content (AvgIpc) is 3.31. The zero-order valence-corrected chi connectivity index (χ0v) is 18.9. The number of carbonyl (C=O) groups is 1. The van der Waals surface area contributed by atoms with Crippen LogP contribution in [0.3, 0.4) is 0 Å². The Hall–Kier alpha value is -3.90. The first-order chi connectivity index (χ1) is 16.0. The van der Waals surface area contributed by atoms with Crippen LogP contribution in [0, 0.1) is 0 Å². The lowest BCUT2D eigenvalue weighted by Crippen LogP contribution is -2.19. The molecule has 1 aliphatic heterocycles. The van der Waals surface area contributed by atoms with E-state index in [9.17, 15) is 4.79 Å². The summed E-state index contributed by atoms with van der Waals surface area (Å²) in [5.41, 5.74) is 4.35. The number of hydrogen-bond acceptors (Lipinski definition) is 5. The van der Waals surface area contributed by atoms with Gasteiger partial charge in [-0.05, 0) is 49.5 Å². The van der Waals surface area contributed by atoms with Crippen molar-refractivity contribution in [3.05, 3.63) is 83.9 Å². The number of allylic oxidation sites excluding steroid dienone is 1. The molecule has 0 amide bonds. The van der Waals surface area contributed by atoms with Gasteiger partial charge in [-0.1, -0.05) is 36.4 Å². The van der Waals surface area contributed by atoms with Crippen LogP contribution in [0.25, 0.3) is 28.2 Å². The van der Waals surface area contributed by atoms with Crippen molar-refractivity contribution >= 4 is 22.9 Å². The van der Waals surface area contributed by atoms with Crippen molar-refractivity contribution < 1.29 is 14.3 Å². The van der Waals surface area contributed by atoms with Gasteiger partial charge in [0.05, 0.1) is 0 Å². The van der Waals surface area contributed by atoms with Crippen molar-refractivity contribution in [2.24, 2.45) is 7.05 Å². The van der Waals surface area contributed by atoms with Gasteiger partial charge in [0, 0.05) is 36.9 Å². The number of ether oxygens (including phenoxy) is 2. The van der Waals surface area contributed by atoms with Crippen LogP contribution in [0.2, 0.25) is 0 Å².